The molecule has 25 nitrogen and oxygen atoms in total. The first-order valence-corrected chi connectivity index (χ1v) is 34.2. The van der Waals surface area contributed by atoms with Gasteiger partial charge in [0.25, 0.3) is 11.8 Å². The van der Waals surface area contributed by atoms with Gasteiger partial charge in [-0.15, -0.1) is 68.0 Å². The first-order valence-electron chi connectivity index (χ1n) is 29.1. The summed E-state index contributed by atoms with van der Waals surface area (Å²) in [7, 11) is 2.97. The number of aromatic nitrogens is 9. The Morgan fingerprint density at radius 2 is 1.41 bits per heavy atom. The van der Waals surface area contributed by atoms with E-state index < -0.39 is 83.7 Å². The number of hydrogen-bond donors (Lipinski definition) is 7. The van der Waals surface area contributed by atoms with Crippen molar-refractivity contribution in [3.63, 3.8) is 0 Å². The molecule has 31 heteroatoms. The highest BCUT2D eigenvalue weighted by Crippen LogP contribution is 2.42. The number of aromatic carboxylic acids is 1. The van der Waals surface area contributed by atoms with Crippen LogP contribution in [-0.4, -0.2) is 123 Å². The number of amides is 5. The Balaban J connectivity index is 0.994. The average Bonchev–Trinajstić information content (AvgIpc) is 1.73. The van der Waals surface area contributed by atoms with Crippen LogP contribution in [0.15, 0.2) is 70.2 Å². The number of H-pyrrole nitrogens is 1. The lowest BCUT2D eigenvalue weighted by molar-refractivity contribution is -0.144. The Morgan fingerprint density at radius 3 is 2.13 bits per heavy atom. The second kappa shape index (κ2) is 28.0. The van der Waals surface area contributed by atoms with Gasteiger partial charge in [0.2, 0.25) is 23.5 Å². The molecule has 7 N–H and O–H groups in total. The van der Waals surface area contributed by atoms with Crippen molar-refractivity contribution in [2.24, 2.45) is 17.8 Å². The zero-order chi connectivity index (χ0) is 65.1. The number of ketones is 1. The third-order valence-electron chi connectivity index (χ3n) is 15.8. The number of carboxylic acids is 2. The predicted molar refractivity (Wildman–Crippen MR) is 348 cm³/mol. The molecule has 0 radical (unpaired) electrons. The van der Waals surface area contributed by atoms with Gasteiger partial charge < -0.3 is 41.2 Å². The summed E-state index contributed by atoms with van der Waals surface area (Å²) in [5, 5.41) is 40.4. The molecule has 476 valence electrons. The zero-order valence-corrected chi connectivity index (χ0v) is 55.1. The molecule has 1 aliphatic carbocycles. The number of carboxylic acid groups (broad SMARTS) is 2. The third-order valence-corrected chi connectivity index (χ3v) is 21.6. The Bertz CT molecular complexity index is 4270. The Kier molecular flexibility index (Phi) is 19.7. The fourth-order valence-corrected chi connectivity index (χ4v) is 16.5. The summed E-state index contributed by atoms with van der Waals surface area (Å²) in [4.78, 5) is 152. The number of nitrogens with zero attached hydrogens (tertiary/aromatic N) is 9. The molecule has 4 atom stereocenters. The van der Waals surface area contributed by atoms with Crippen LogP contribution >= 0.6 is 68.0 Å². The normalized spacial score (nSPS) is 18.5. The maximum absolute atomic E-state index is 14.5. The van der Waals surface area contributed by atoms with Crippen LogP contribution in [-0.2, 0) is 30.5 Å². The van der Waals surface area contributed by atoms with E-state index in [4.69, 9.17) is 39.6 Å². The molecule has 9 heterocycles. The number of methoxy groups -OCH3 is 1. The highest BCUT2D eigenvalue weighted by atomic mass is 32.1. The highest BCUT2D eigenvalue weighted by molar-refractivity contribution is 7.15. The first-order chi connectivity index (χ1) is 44.2. The quantitative estimate of drug-likeness (QED) is 0.0564. The topological polar surface area (TPSA) is 357 Å². The second-order valence-corrected chi connectivity index (χ2v) is 28.1. The molecule has 0 spiro atoms. The summed E-state index contributed by atoms with van der Waals surface area (Å²) in [6.45, 7) is 7.25. The lowest BCUT2D eigenvalue weighted by atomic mass is 9.81. The molecule has 1 unspecified atom stereocenters. The van der Waals surface area contributed by atoms with Crippen LogP contribution in [0.25, 0.3) is 43.4 Å². The van der Waals surface area contributed by atoms with Crippen LogP contribution in [0, 0.1) is 24.7 Å². The summed E-state index contributed by atoms with van der Waals surface area (Å²) in [6.07, 6.45) is 2.11. The van der Waals surface area contributed by atoms with E-state index in [0.29, 0.717) is 68.1 Å². The molecule has 11 rings (SSSR count). The number of thiazole rings is 6. The highest BCUT2D eigenvalue weighted by Gasteiger charge is 2.37. The van der Waals surface area contributed by atoms with E-state index >= 15 is 0 Å². The van der Waals surface area contributed by atoms with Crippen molar-refractivity contribution in [3.05, 3.63) is 123 Å². The Morgan fingerprint density at radius 1 is 0.717 bits per heavy atom. The number of Topliss-reactive ketones (excluding diaryl/α,β-unsaturated/α-hetero) is 1. The van der Waals surface area contributed by atoms with Crippen molar-refractivity contribution in [2.75, 3.05) is 25.6 Å². The fourth-order valence-electron chi connectivity index (χ4n) is 10.8. The maximum Gasteiger partial charge on any atom is 0.371 e. The molecule has 92 heavy (non-hydrogen) atoms. The number of anilines is 2. The average molecular weight is 1360 g/mol. The van der Waals surface area contributed by atoms with Crippen LogP contribution in [0.4, 0.5) is 11.6 Å². The number of carbonyl (C=O) groups excluding carboxylic acids is 6. The van der Waals surface area contributed by atoms with Crippen LogP contribution < -0.4 is 26.2 Å². The van der Waals surface area contributed by atoms with Crippen LogP contribution in [0.1, 0.15) is 156 Å². The molecule has 9 aromatic rings. The van der Waals surface area contributed by atoms with Crippen LogP contribution in [0.3, 0.4) is 0 Å². The number of rotatable bonds is 13. The van der Waals surface area contributed by atoms with Gasteiger partial charge in [0, 0.05) is 70.3 Å². The van der Waals surface area contributed by atoms with Gasteiger partial charge >= 0.3 is 11.9 Å². The van der Waals surface area contributed by atoms with E-state index in [1.165, 1.54) is 70.6 Å². The predicted octanol–water partition coefficient (Wildman–Crippen LogP) is 10.2. The van der Waals surface area contributed by atoms with Crippen molar-refractivity contribution in [3.8, 4) is 43.4 Å². The third kappa shape index (κ3) is 14.0. The number of imidazole rings is 1. The monoisotopic (exact) mass is 1360 g/mol. The molecule has 2 aliphatic rings. The van der Waals surface area contributed by atoms with E-state index in [-0.39, 0.29) is 91.5 Å². The number of aliphatic carboxylic acids is 1. The van der Waals surface area contributed by atoms with Gasteiger partial charge in [0.15, 0.2) is 11.6 Å². The minimum atomic E-state index is -1.35. The molecule has 1 saturated carbocycles. The first kappa shape index (κ1) is 64.8. The number of aromatic amines is 1. The molecule has 10 bridgehead atoms. The molecular weight excluding hydrogens is 1300 g/mol. The van der Waals surface area contributed by atoms with Crippen molar-refractivity contribution in [1.29, 1.82) is 0 Å². The van der Waals surface area contributed by atoms with Crippen LogP contribution in [0.2, 0.25) is 0 Å². The van der Waals surface area contributed by atoms with E-state index in [1.54, 1.807) is 35.2 Å². The zero-order valence-electron chi connectivity index (χ0n) is 50.2. The van der Waals surface area contributed by atoms with E-state index in [1.807, 2.05) is 56.5 Å². The lowest BCUT2D eigenvalue weighted by Gasteiger charge is -2.29. The summed E-state index contributed by atoms with van der Waals surface area (Å²) >= 11 is 7.35. The minimum absolute atomic E-state index is 0.00978. The molecule has 1 aromatic carbocycles. The van der Waals surface area contributed by atoms with Gasteiger partial charge in [0.1, 0.15) is 65.0 Å². The maximum atomic E-state index is 14.5. The lowest BCUT2D eigenvalue weighted by Crippen LogP contribution is -2.40. The Labute approximate surface area is 549 Å². The minimum Gasteiger partial charge on any atom is -0.481 e. The summed E-state index contributed by atoms with van der Waals surface area (Å²) in [5.41, 5.74) is 3.19. The van der Waals surface area contributed by atoms with Crippen molar-refractivity contribution in [1.82, 2.24) is 66.1 Å². The largest absolute Gasteiger partial charge is 0.481 e. The number of hydrogen-bond acceptors (Lipinski definition) is 23. The van der Waals surface area contributed by atoms with Gasteiger partial charge in [-0.3, -0.25) is 33.6 Å². The number of pyridine rings is 1. The fraction of sp³-hybridized carbons (Fsp3) is 0.344. The number of ether oxygens (including phenoxy) is 1. The van der Waals surface area contributed by atoms with Gasteiger partial charge in [-0.25, -0.2) is 49.6 Å². The van der Waals surface area contributed by atoms with E-state index in [2.05, 4.69) is 31.2 Å². The van der Waals surface area contributed by atoms with Gasteiger partial charge in [-0.05, 0) is 56.2 Å². The van der Waals surface area contributed by atoms with Crippen molar-refractivity contribution < 1.29 is 53.3 Å². The molecule has 5 amide bonds. The second-order valence-electron chi connectivity index (χ2n) is 22.3. The molecule has 1 aliphatic heterocycles. The number of carbonyl (C=O) groups is 8. The molecular formula is C61H60N14O11S6. The molecule has 8 aromatic heterocycles. The number of fused-ring (bicyclic) bond motifs is 14. The summed E-state index contributed by atoms with van der Waals surface area (Å²) in [6, 6.07) is 11.4. The van der Waals surface area contributed by atoms with Gasteiger partial charge in [-0.2, -0.15) is 0 Å². The molecule has 1 fully saturated rings. The van der Waals surface area contributed by atoms with Crippen molar-refractivity contribution >= 4 is 127 Å². The standard InChI is InChI=1S/C61H60N14O11S6/c1-27(2)34-18-40(76)47-29(4)91-57(73-47)36(19-44(77)62-5)66-51(79)38-24-87-53(68-38)33-16-17-35(55-71-43(26-90-55)75(42-20-63-50(70-42)61(84)85)59(81)31-12-14-32(15-13-31)60(82)83)65-48(33)37-23-88-56(67-37)39-25-89-58(69-39)46(28(3)30-10-8-7-9-11-30)72-45(78)21-64-52(80)49-41(22-86-6)92-54(34)74-49/h7-11,16-17,20,23-28,31-32,34,36,46H,12-15,18-19,21-22H2,1-6H3,(H,62,77)(H,63,70)(H,64,80)(H,66,79)(H,72,78)(H,82,83)(H,84,85)/t28-,31?,32?,34?,36-,46-/m0/s1. The van der Waals surface area contributed by atoms with E-state index in [9.17, 15) is 48.6 Å². The smallest absolute Gasteiger partial charge is 0.371 e. The van der Waals surface area contributed by atoms with Crippen molar-refractivity contribution in [2.45, 2.75) is 96.7 Å². The Hall–Kier alpha value is -8.72. The number of nitrogens with one attached hydrogen (secondary N) is 5. The van der Waals surface area contributed by atoms with E-state index in [0.717, 1.165) is 28.2 Å². The van der Waals surface area contributed by atoms with Gasteiger partial charge in [0.05, 0.1) is 59.3 Å². The molecule has 0 saturated heterocycles. The summed E-state index contributed by atoms with van der Waals surface area (Å²) < 4.78 is 5.50. The van der Waals surface area contributed by atoms with Crippen LogP contribution in [0.5, 0.6) is 0 Å². The number of aryl methyl sites for hydroxylation is 1. The summed E-state index contributed by atoms with van der Waals surface area (Å²) in [5.74, 6) is -7.46. The van der Waals surface area contributed by atoms with Gasteiger partial charge in [-0.1, -0.05) is 51.1 Å². The number of benzene rings is 1. The SMILES string of the molecule is CNC(=O)C[C@@H]1NC(=O)c2csc(n2)-c2ccc(-c3nc(N(C(=O)C4CCC(C(=O)O)CC4)c4cnc(C(=O)O)[nH]4)cs3)nc2-c2csc(n2)-c2csc(n2)[C@H]([C@@H](C)c2ccccc2)NC(=O)CNC(=O)c2nc(sc2COC)C(C(C)C)CC(=O)c2nc1sc2C.